The second kappa shape index (κ2) is 6.77. The Morgan fingerprint density at radius 3 is 2.76 bits per heavy atom. The van der Waals surface area contributed by atoms with Crippen molar-refractivity contribution in [1.29, 1.82) is 0 Å². The van der Waals surface area contributed by atoms with Crippen molar-refractivity contribution >= 4 is 15.7 Å². The third-order valence-electron chi connectivity index (χ3n) is 3.89. The van der Waals surface area contributed by atoms with Gasteiger partial charge in [-0.15, -0.1) is 0 Å². The number of hydrogen-bond donors (Lipinski definition) is 2. The number of nitrogens with one attached hydrogen (secondary N) is 1. The van der Waals surface area contributed by atoms with Crippen LogP contribution in [0.25, 0.3) is 0 Å². The highest BCUT2D eigenvalue weighted by molar-refractivity contribution is 7.89. The molecule has 1 saturated heterocycles. The van der Waals surface area contributed by atoms with Crippen LogP contribution in [0.1, 0.15) is 26.7 Å². The largest absolute Gasteiger partial charge is 0.393 e. The van der Waals surface area contributed by atoms with E-state index in [2.05, 4.69) is 5.32 Å². The lowest BCUT2D eigenvalue weighted by molar-refractivity contribution is 0.0629. The van der Waals surface area contributed by atoms with E-state index >= 15 is 0 Å². The van der Waals surface area contributed by atoms with Crippen molar-refractivity contribution < 1.29 is 13.5 Å². The van der Waals surface area contributed by atoms with E-state index in [9.17, 15) is 13.5 Å². The van der Waals surface area contributed by atoms with E-state index < -0.39 is 16.1 Å². The molecule has 2 N–H and O–H groups in total. The third-order valence-corrected chi connectivity index (χ3v) is 5.82. The maximum Gasteiger partial charge on any atom is 0.245 e. The van der Waals surface area contributed by atoms with E-state index in [-0.39, 0.29) is 5.92 Å². The van der Waals surface area contributed by atoms with Crippen LogP contribution in [0.15, 0.2) is 29.2 Å². The van der Waals surface area contributed by atoms with Crippen LogP contribution in [-0.4, -0.2) is 43.6 Å². The zero-order valence-electron chi connectivity index (χ0n) is 12.6. The SMILES string of the molecule is CCCNc1ccccc1S(=O)(=O)N1CCC(O)C(C)C1. The van der Waals surface area contributed by atoms with Crippen molar-refractivity contribution in [3.05, 3.63) is 24.3 Å². The maximum atomic E-state index is 12.8. The van der Waals surface area contributed by atoms with Gasteiger partial charge in [0.25, 0.3) is 0 Å². The number of aliphatic hydroxyl groups is 1. The summed E-state index contributed by atoms with van der Waals surface area (Å²) in [4.78, 5) is 0.321. The lowest BCUT2D eigenvalue weighted by Gasteiger charge is -2.33. The van der Waals surface area contributed by atoms with Gasteiger partial charge < -0.3 is 10.4 Å². The Morgan fingerprint density at radius 1 is 1.38 bits per heavy atom. The number of aliphatic hydroxyl groups excluding tert-OH is 1. The highest BCUT2D eigenvalue weighted by Gasteiger charge is 2.33. The van der Waals surface area contributed by atoms with Crippen molar-refractivity contribution in [1.82, 2.24) is 4.31 Å². The fourth-order valence-electron chi connectivity index (χ4n) is 2.55. The van der Waals surface area contributed by atoms with Gasteiger partial charge in [0.1, 0.15) is 4.90 Å². The van der Waals surface area contributed by atoms with E-state index in [1.165, 1.54) is 4.31 Å². The molecule has 1 aromatic carbocycles. The summed E-state index contributed by atoms with van der Waals surface area (Å²) in [6.07, 6.45) is 1.01. The molecule has 1 fully saturated rings. The second-order valence-electron chi connectivity index (χ2n) is 5.62. The van der Waals surface area contributed by atoms with Gasteiger partial charge in [0.2, 0.25) is 10.0 Å². The zero-order chi connectivity index (χ0) is 15.5. The summed E-state index contributed by atoms with van der Waals surface area (Å²) in [6, 6.07) is 7.01. The molecule has 0 bridgehead atoms. The number of piperidine rings is 1. The monoisotopic (exact) mass is 312 g/mol. The number of sulfonamides is 1. The fourth-order valence-corrected chi connectivity index (χ4v) is 4.27. The highest BCUT2D eigenvalue weighted by atomic mass is 32.2. The summed E-state index contributed by atoms with van der Waals surface area (Å²) in [6.45, 7) is 5.40. The van der Waals surface area contributed by atoms with E-state index in [0.29, 0.717) is 30.1 Å². The van der Waals surface area contributed by atoms with Crippen LogP contribution in [0.4, 0.5) is 5.69 Å². The van der Waals surface area contributed by atoms with E-state index in [1.807, 2.05) is 19.9 Å². The van der Waals surface area contributed by atoms with E-state index in [4.69, 9.17) is 0 Å². The first-order chi connectivity index (χ1) is 9.96. The quantitative estimate of drug-likeness (QED) is 0.871. The van der Waals surface area contributed by atoms with Crippen molar-refractivity contribution in [2.24, 2.45) is 5.92 Å². The van der Waals surface area contributed by atoms with Gasteiger partial charge >= 0.3 is 0 Å². The van der Waals surface area contributed by atoms with Gasteiger partial charge in [0.15, 0.2) is 0 Å². The number of rotatable bonds is 5. The molecule has 5 nitrogen and oxygen atoms in total. The summed E-state index contributed by atoms with van der Waals surface area (Å²) in [5, 5.41) is 12.9. The Balaban J connectivity index is 2.27. The molecule has 1 aromatic rings. The summed E-state index contributed by atoms with van der Waals surface area (Å²) < 4.78 is 27.1. The Kier molecular flexibility index (Phi) is 5.24. The van der Waals surface area contributed by atoms with Crippen LogP contribution in [0.3, 0.4) is 0 Å². The molecule has 6 heteroatoms. The first kappa shape index (κ1) is 16.3. The van der Waals surface area contributed by atoms with Crippen LogP contribution >= 0.6 is 0 Å². The topological polar surface area (TPSA) is 69.6 Å². The molecule has 2 atom stereocenters. The molecule has 118 valence electrons. The third kappa shape index (κ3) is 3.56. The van der Waals surface area contributed by atoms with Gasteiger partial charge in [-0.1, -0.05) is 26.0 Å². The average Bonchev–Trinajstić information content (AvgIpc) is 2.48. The van der Waals surface area contributed by atoms with E-state index in [0.717, 1.165) is 13.0 Å². The second-order valence-corrected chi connectivity index (χ2v) is 7.53. The predicted molar refractivity (Wildman–Crippen MR) is 83.8 cm³/mol. The van der Waals surface area contributed by atoms with Gasteiger partial charge in [0.05, 0.1) is 11.8 Å². The molecule has 0 aliphatic carbocycles. The zero-order valence-corrected chi connectivity index (χ0v) is 13.4. The summed E-state index contributed by atoms with van der Waals surface area (Å²) >= 11 is 0. The lowest BCUT2D eigenvalue weighted by Crippen LogP contribution is -2.45. The molecular formula is C15H24N2O3S. The van der Waals surface area contributed by atoms with E-state index in [1.54, 1.807) is 18.2 Å². The molecule has 1 aliphatic heterocycles. The number of para-hydroxylation sites is 1. The predicted octanol–water partition coefficient (Wildman–Crippen LogP) is 1.90. The van der Waals surface area contributed by atoms with Crippen LogP contribution in [0.5, 0.6) is 0 Å². The van der Waals surface area contributed by atoms with Gasteiger partial charge in [-0.3, -0.25) is 0 Å². The maximum absolute atomic E-state index is 12.8. The smallest absolute Gasteiger partial charge is 0.245 e. The highest BCUT2D eigenvalue weighted by Crippen LogP contribution is 2.28. The summed E-state index contributed by atoms with van der Waals surface area (Å²) in [7, 11) is -3.52. The van der Waals surface area contributed by atoms with Crippen molar-refractivity contribution in [3.8, 4) is 0 Å². The standard InChI is InChI=1S/C15H24N2O3S/c1-3-9-16-13-6-4-5-7-15(13)21(19,20)17-10-8-14(18)12(2)11-17/h4-7,12,14,16,18H,3,8-11H2,1-2H3. The summed E-state index contributed by atoms with van der Waals surface area (Å²) in [5.41, 5.74) is 0.651. The van der Waals surface area contributed by atoms with Crippen molar-refractivity contribution in [3.63, 3.8) is 0 Å². The molecule has 0 radical (unpaired) electrons. The first-order valence-corrected chi connectivity index (χ1v) is 8.92. The lowest BCUT2D eigenvalue weighted by atomic mass is 9.99. The minimum atomic E-state index is -3.52. The van der Waals surface area contributed by atoms with Crippen LogP contribution in [0.2, 0.25) is 0 Å². The molecule has 1 aliphatic rings. The molecule has 2 unspecified atom stereocenters. The molecule has 0 spiro atoms. The molecule has 1 heterocycles. The van der Waals surface area contributed by atoms with Gasteiger partial charge in [0, 0.05) is 19.6 Å². The van der Waals surface area contributed by atoms with Crippen LogP contribution in [-0.2, 0) is 10.0 Å². The number of benzene rings is 1. The average molecular weight is 312 g/mol. The number of anilines is 1. The molecule has 0 amide bonds. The molecule has 21 heavy (non-hydrogen) atoms. The normalized spacial score (nSPS) is 24.0. The molecule has 0 saturated carbocycles. The Hall–Kier alpha value is -1.11. The molecule has 2 rings (SSSR count). The van der Waals surface area contributed by atoms with Gasteiger partial charge in [-0.2, -0.15) is 4.31 Å². The Labute approximate surface area is 127 Å². The van der Waals surface area contributed by atoms with Gasteiger partial charge in [-0.05, 0) is 30.9 Å². The molecular weight excluding hydrogens is 288 g/mol. The fraction of sp³-hybridized carbons (Fsp3) is 0.600. The van der Waals surface area contributed by atoms with Crippen molar-refractivity contribution in [2.45, 2.75) is 37.7 Å². The minimum Gasteiger partial charge on any atom is -0.393 e. The van der Waals surface area contributed by atoms with Crippen molar-refractivity contribution in [2.75, 3.05) is 25.0 Å². The van der Waals surface area contributed by atoms with Crippen LogP contribution < -0.4 is 5.32 Å². The molecule has 0 aromatic heterocycles. The number of hydrogen-bond acceptors (Lipinski definition) is 4. The summed E-state index contributed by atoms with van der Waals surface area (Å²) in [5.74, 6) is -0.0377. The van der Waals surface area contributed by atoms with Crippen LogP contribution in [0, 0.1) is 5.92 Å². The first-order valence-electron chi connectivity index (χ1n) is 7.48. The number of nitrogens with zero attached hydrogens (tertiary/aromatic N) is 1. The Bertz CT molecular complexity index is 574. The van der Waals surface area contributed by atoms with Gasteiger partial charge in [-0.25, -0.2) is 8.42 Å². The minimum absolute atomic E-state index is 0.0377. The Morgan fingerprint density at radius 2 is 2.10 bits per heavy atom.